The lowest BCUT2D eigenvalue weighted by Crippen LogP contribution is -2.57. The lowest BCUT2D eigenvalue weighted by molar-refractivity contribution is -0.134. The van der Waals surface area contributed by atoms with Crippen molar-refractivity contribution >= 4 is 17.9 Å². The van der Waals surface area contributed by atoms with Gasteiger partial charge in [0.15, 0.2) is 5.82 Å². The Morgan fingerprint density at radius 3 is 2.38 bits per heavy atom. The second kappa shape index (κ2) is 12.5. The number of carbonyl (C=O) groups is 3. The molecule has 2 aromatic rings. The van der Waals surface area contributed by atoms with Crippen molar-refractivity contribution in [1.29, 1.82) is 0 Å². The van der Waals surface area contributed by atoms with Gasteiger partial charge in [0.2, 0.25) is 11.8 Å². The minimum absolute atomic E-state index is 0.0566. The van der Waals surface area contributed by atoms with Gasteiger partial charge in [0.25, 0.3) is 5.91 Å². The summed E-state index contributed by atoms with van der Waals surface area (Å²) in [6.07, 6.45) is 3.75. The van der Waals surface area contributed by atoms with Gasteiger partial charge in [-0.1, -0.05) is 30.3 Å². The zero-order valence-electron chi connectivity index (χ0n) is 21.1. The van der Waals surface area contributed by atoms with Gasteiger partial charge in [-0.15, -0.1) is 0 Å². The molecular formula is C26H34N6O5. The van der Waals surface area contributed by atoms with E-state index in [1.807, 2.05) is 30.3 Å². The van der Waals surface area contributed by atoms with Crippen LogP contribution in [0.2, 0.25) is 0 Å². The Morgan fingerprint density at radius 2 is 1.73 bits per heavy atom. The fourth-order valence-electron chi connectivity index (χ4n) is 4.49. The molecule has 198 valence electrons. The lowest BCUT2D eigenvalue weighted by Gasteiger charge is -2.35. The number of nitrogens with zero attached hydrogens (tertiary/aromatic N) is 4. The highest BCUT2D eigenvalue weighted by Crippen LogP contribution is 2.25. The first-order valence-electron chi connectivity index (χ1n) is 12.8. The quantitative estimate of drug-likeness (QED) is 0.548. The van der Waals surface area contributed by atoms with E-state index in [2.05, 4.69) is 15.3 Å². The van der Waals surface area contributed by atoms with Gasteiger partial charge in [0.05, 0.1) is 6.61 Å². The van der Waals surface area contributed by atoms with Crippen LogP contribution in [0, 0.1) is 0 Å². The number of hydrogen-bond donors (Lipinski definition) is 2. The molecule has 1 aliphatic carbocycles. The van der Waals surface area contributed by atoms with E-state index in [1.165, 1.54) is 6.07 Å². The van der Waals surface area contributed by atoms with Gasteiger partial charge >= 0.3 is 6.09 Å². The molecule has 0 radical (unpaired) electrons. The van der Waals surface area contributed by atoms with Crippen LogP contribution in [0.15, 0.2) is 36.4 Å². The van der Waals surface area contributed by atoms with Crippen molar-refractivity contribution in [3.63, 3.8) is 0 Å². The molecule has 0 bridgehead atoms. The number of amides is 3. The molecule has 4 rings (SSSR count). The number of aromatic nitrogens is 2. The lowest BCUT2D eigenvalue weighted by atomic mass is 10.2. The third-order valence-corrected chi connectivity index (χ3v) is 6.51. The van der Waals surface area contributed by atoms with Crippen LogP contribution >= 0.6 is 0 Å². The standard InChI is InChI=1S/C26H34N6O5/c1-2-36-26(35)32-14-12-31(13-15-32)25(34)21(17-27)29-24(33)20-16-22(37-19-10-6-7-11-19)30-23(28-20)18-8-4-3-5-9-18/h3-5,8-9,16,19,21H,2,6-7,10-15,17,27H2,1H3,(H,29,33)/t21-/m0/s1. The maximum atomic E-state index is 13.2. The van der Waals surface area contributed by atoms with Gasteiger partial charge in [-0.05, 0) is 32.6 Å². The average Bonchev–Trinajstić information content (AvgIpc) is 3.44. The molecular weight excluding hydrogens is 476 g/mol. The molecule has 11 heteroatoms. The Hall–Kier alpha value is -3.73. The molecule has 2 fully saturated rings. The van der Waals surface area contributed by atoms with Gasteiger partial charge < -0.3 is 30.3 Å². The predicted molar refractivity (Wildman–Crippen MR) is 136 cm³/mol. The van der Waals surface area contributed by atoms with Crippen molar-refractivity contribution in [3.8, 4) is 17.3 Å². The molecule has 1 atom stereocenters. The molecule has 1 aromatic carbocycles. The monoisotopic (exact) mass is 510 g/mol. The third kappa shape index (κ3) is 6.73. The number of benzene rings is 1. The molecule has 3 N–H and O–H groups in total. The molecule has 1 saturated heterocycles. The molecule has 1 saturated carbocycles. The number of carbonyl (C=O) groups excluding carboxylic acids is 3. The van der Waals surface area contributed by atoms with Crippen molar-refractivity contribution < 1.29 is 23.9 Å². The molecule has 1 aliphatic heterocycles. The summed E-state index contributed by atoms with van der Waals surface area (Å²) in [5.74, 6) is -0.146. The van der Waals surface area contributed by atoms with Crippen LogP contribution in [-0.4, -0.2) is 89.2 Å². The summed E-state index contributed by atoms with van der Waals surface area (Å²) < 4.78 is 11.1. The van der Waals surface area contributed by atoms with Crippen molar-refractivity contribution in [1.82, 2.24) is 25.1 Å². The predicted octanol–water partition coefficient (Wildman–Crippen LogP) is 1.82. The van der Waals surface area contributed by atoms with Crippen LogP contribution in [-0.2, 0) is 9.53 Å². The Morgan fingerprint density at radius 1 is 1.05 bits per heavy atom. The second-order valence-corrected chi connectivity index (χ2v) is 9.08. The summed E-state index contributed by atoms with van der Waals surface area (Å²) >= 11 is 0. The highest BCUT2D eigenvalue weighted by atomic mass is 16.6. The van der Waals surface area contributed by atoms with E-state index >= 15 is 0 Å². The molecule has 1 aromatic heterocycles. The minimum atomic E-state index is -0.934. The van der Waals surface area contributed by atoms with E-state index in [0.717, 1.165) is 31.2 Å². The highest BCUT2D eigenvalue weighted by Gasteiger charge is 2.30. The topological polar surface area (TPSA) is 140 Å². The smallest absolute Gasteiger partial charge is 0.409 e. The zero-order chi connectivity index (χ0) is 26.2. The highest BCUT2D eigenvalue weighted by molar-refractivity contribution is 5.96. The summed E-state index contributed by atoms with van der Waals surface area (Å²) in [6, 6.07) is 9.92. The van der Waals surface area contributed by atoms with Gasteiger partial charge in [-0.3, -0.25) is 9.59 Å². The SMILES string of the molecule is CCOC(=O)N1CCN(C(=O)[C@H](CN)NC(=O)c2cc(OC3CCCC3)nc(-c3ccccc3)n2)CC1. The average molecular weight is 511 g/mol. The molecule has 0 unspecified atom stereocenters. The number of nitrogens with one attached hydrogen (secondary N) is 1. The fraction of sp³-hybridized carbons (Fsp3) is 0.500. The zero-order valence-corrected chi connectivity index (χ0v) is 21.1. The largest absolute Gasteiger partial charge is 0.474 e. The Kier molecular flexibility index (Phi) is 8.89. The maximum Gasteiger partial charge on any atom is 0.409 e. The van der Waals surface area contributed by atoms with Crippen LogP contribution < -0.4 is 15.8 Å². The van der Waals surface area contributed by atoms with E-state index < -0.39 is 18.0 Å². The Bertz CT molecular complexity index is 1080. The van der Waals surface area contributed by atoms with E-state index in [1.54, 1.807) is 16.7 Å². The molecule has 37 heavy (non-hydrogen) atoms. The van der Waals surface area contributed by atoms with Crippen molar-refractivity contribution in [2.45, 2.75) is 44.8 Å². The second-order valence-electron chi connectivity index (χ2n) is 9.08. The van der Waals surface area contributed by atoms with Gasteiger partial charge in [0.1, 0.15) is 17.8 Å². The first-order chi connectivity index (χ1) is 18.0. The number of rotatable bonds is 8. The van der Waals surface area contributed by atoms with Crippen LogP contribution in [0.4, 0.5) is 4.79 Å². The Labute approximate surface area is 216 Å². The molecule has 11 nitrogen and oxygen atoms in total. The summed E-state index contributed by atoms with van der Waals surface area (Å²) in [7, 11) is 0. The van der Waals surface area contributed by atoms with Gasteiger partial charge in [-0.2, -0.15) is 4.98 Å². The first-order valence-corrected chi connectivity index (χ1v) is 12.8. The molecule has 0 spiro atoms. The normalized spacial score (nSPS) is 16.8. The summed E-state index contributed by atoms with van der Waals surface area (Å²) in [4.78, 5) is 50.4. The van der Waals surface area contributed by atoms with Crippen LogP contribution in [0.3, 0.4) is 0 Å². The Balaban J connectivity index is 1.46. The van der Waals surface area contributed by atoms with Crippen molar-refractivity contribution in [2.75, 3.05) is 39.3 Å². The fourth-order valence-corrected chi connectivity index (χ4v) is 4.49. The summed E-state index contributed by atoms with van der Waals surface area (Å²) in [6.45, 7) is 3.32. The van der Waals surface area contributed by atoms with Gasteiger partial charge in [0, 0.05) is 44.4 Å². The van der Waals surface area contributed by atoms with E-state index in [0.29, 0.717) is 44.5 Å². The molecule has 2 heterocycles. The molecule has 2 aliphatic rings. The van der Waals surface area contributed by atoms with E-state index in [9.17, 15) is 14.4 Å². The van der Waals surface area contributed by atoms with Crippen molar-refractivity contribution in [2.24, 2.45) is 5.73 Å². The maximum absolute atomic E-state index is 13.2. The summed E-state index contributed by atoms with van der Waals surface area (Å²) in [5, 5.41) is 2.73. The number of ether oxygens (including phenoxy) is 2. The minimum Gasteiger partial charge on any atom is -0.474 e. The van der Waals surface area contributed by atoms with E-state index in [4.69, 9.17) is 15.2 Å². The third-order valence-electron chi connectivity index (χ3n) is 6.51. The van der Waals surface area contributed by atoms with Crippen LogP contribution in [0.1, 0.15) is 43.1 Å². The van der Waals surface area contributed by atoms with Crippen LogP contribution in [0.5, 0.6) is 5.88 Å². The van der Waals surface area contributed by atoms with Gasteiger partial charge in [-0.25, -0.2) is 9.78 Å². The first kappa shape index (κ1) is 26.3. The number of piperazine rings is 1. The molecule has 3 amide bonds. The summed E-state index contributed by atoms with van der Waals surface area (Å²) in [5.41, 5.74) is 6.72. The van der Waals surface area contributed by atoms with E-state index in [-0.39, 0.29) is 24.2 Å². The van der Waals surface area contributed by atoms with Crippen LogP contribution in [0.25, 0.3) is 11.4 Å². The van der Waals surface area contributed by atoms with Crippen molar-refractivity contribution in [3.05, 3.63) is 42.1 Å². The number of hydrogen-bond acceptors (Lipinski definition) is 8. The number of nitrogens with two attached hydrogens (primary N) is 1.